The maximum atomic E-state index is 9.39. The van der Waals surface area contributed by atoms with E-state index in [1.54, 1.807) is 0 Å². The van der Waals surface area contributed by atoms with Crippen molar-refractivity contribution in [1.82, 2.24) is 0 Å². The molecule has 0 bridgehead atoms. The molecule has 0 unspecified atom stereocenters. The molecule has 0 spiro atoms. The van der Waals surface area contributed by atoms with Crippen molar-refractivity contribution < 1.29 is 46.7 Å². The van der Waals surface area contributed by atoms with E-state index in [0.29, 0.717) is 0 Å². The minimum Gasteiger partial charge on any atom is -1.00 e. The van der Waals surface area contributed by atoms with Crippen LogP contribution in [-0.2, 0) is 31.4 Å². The van der Waals surface area contributed by atoms with Crippen molar-refractivity contribution in [3.05, 3.63) is 0 Å². The summed E-state index contributed by atoms with van der Waals surface area (Å²) < 4.78 is 29.2. The Morgan fingerprint density at radius 3 is 1.80 bits per heavy atom. The number of carboxylic acid groups (broad SMARTS) is 1. The Hall–Kier alpha value is 0.946. The van der Waals surface area contributed by atoms with Crippen LogP contribution in [0.15, 0.2) is 0 Å². The summed E-state index contributed by atoms with van der Waals surface area (Å²) in [6, 6.07) is 0. The molecule has 0 aliphatic carbocycles. The molecule has 0 heterocycles. The van der Waals surface area contributed by atoms with Crippen molar-refractivity contribution in [1.29, 1.82) is 0 Å². The number of hydrogen-bond acceptors (Lipinski definition) is 4. The van der Waals surface area contributed by atoms with E-state index in [2.05, 4.69) is 4.18 Å². The third kappa shape index (κ3) is 16.0. The van der Waals surface area contributed by atoms with Crippen LogP contribution in [0.5, 0.6) is 0 Å². The van der Waals surface area contributed by atoms with E-state index in [1.807, 2.05) is 0 Å². The molecule has 0 aliphatic rings. The Balaban J connectivity index is -0.0000000408. The van der Waals surface area contributed by atoms with Crippen molar-refractivity contribution in [3.63, 3.8) is 0 Å². The molecule has 0 atom stereocenters. The molecule has 0 rings (SSSR count). The molecule has 0 saturated heterocycles. The van der Waals surface area contributed by atoms with Gasteiger partial charge in [-0.3, -0.25) is 8.74 Å². The molecule has 0 aromatic carbocycles. The van der Waals surface area contributed by atoms with Crippen LogP contribution in [0.4, 0.5) is 4.79 Å². The van der Waals surface area contributed by atoms with Crippen LogP contribution < -0.4 is 0 Å². The summed E-state index contributed by atoms with van der Waals surface area (Å²) in [6.45, 7) is 0. The average molecular weight is 243 g/mol. The third-order valence-electron chi connectivity index (χ3n) is 0.177. The van der Waals surface area contributed by atoms with E-state index >= 15 is 0 Å². The molecule has 0 amide bonds. The molecule has 0 fully saturated rings. The zero-order valence-electron chi connectivity index (χ0n) is 6.48. The van der Waals surface area contributed by atoms with Gasteiger partial charge in [0.1, 0.15) is 0 Å². The van der Waals surface area contributed by atoms with Gasteiger partial charge >= 0.3 is 54.3 Å². The summed E-state index contributed by atoms with van der Waals surface area (Å²) in [5.74, 6) is 0. The smallest absolute Gasteiger partial charge is 1.00 e. The SMILES string of the molecule is O=C(O)OS(=O)(=O)O.[Ca+2].[Co].[H-].[H-]. The first-order chi connectivity index (χ1) is 3.42. The standard InChI is InChI=1S/CH2O6S.Ca.Co.2H/c2-1(3)7-8(4,5)6;;;;/h(H,2,3)(H,4,5,6);;;;/q;+2;;2*-1. The first-order valence-electron chi connectivity index (χ1n) is 1.31. The molecular formula is CH4CaCoO6S. The normalized spacial score (nSPS) is 8.50. The zero-order valence-corrected chi connectivity index (χ0v) is 8.54. The van der Waals surface area contributed by atoms with E-state index in [4.69, 9.17) is 9.66 Å². The van der Waals surface area contributed by atoms with Gasteiger partial charge in [0, 0.05) is 16.8 Å². The van der Waals surface area contributed by atoms with E-state index < -0.39 is 16.6 Å². The Kier molecular flexibility index (Phi) is 11.4. The van der Waals surface area contributed by atoms with Gasteiger partial charge in [-0.2, -0.15) is 8.42 Å². The predicted octanol–water partition coefficient (Wildman–Crippen LogP) is -0.674. The molecule has 0 saturated carbocycles. The molecule has 10 heavy (non-hydrogen) atoms. The van der Waals surface area contributed by atoms with E-state index in [1.165, 1.54) is 0 Å². The fourth-order valence-electron chi connectivity index (χ4n) is 0.0901. The van der Waals surface area contributed by atoms with Crippen LogP contribution in [0.25, 0.3) is 0 Å². The zero-order chi connectivity index (χ0) is 6.78. The van der Waals surface area contributed by atoms with Crippen LogP contribution >= 0.6 is 0 Å². The Morgan fingerprint density at radius 2 is 1.80 bits per heavy atom. The first kappa shape index (κ1) is 17.1. The second-order valence-corrected chi connectivity index (χ2v) is 1.80. The van der Waals surface area contributed by atoms with Crippen LogP contribution in [0, 0.1) is 0 Å². The van der Waals surface area contributed by atoms with Gasteiger partial charge in [0.15, 0.2) is 0 Å². The molecule has 0 aromatic heterocycles. The van der Waals surface area contributed by atoms with Crippen molar-refractivity contribution >= 4 is 54.3 Å². The number of carbonyl (C=O) groups is 1. The van der Waals surface area contributed by atoms with Crippen molar-refractivity contribution in [2.45, 2.75) is 0 Å². The van der Waals surface area contributed by atoms with E-state index in [9.17, 15) is 13.2 Å². The second kappa shape index (κ2) is 6.64. The van der Waals surface area contributed by atoms with Gasteiger partial charge in [-0.15, -0.1) is 0 Å². The molecule has 2 N–H and O–H groups in total. The summed E-state index contributed by atoms with van der Waals surface area (Å²) in [5, 5.41) is 7.49. The van der Waals surface area contributed by atoms with Gasteiger partial charge < -0.3 is 7.96 Å². The second-order valence-electron chi connectivity index (χ2n) is 0.777. The maximum absolute atomic E-state index is 9.39. The fourth-order valence-corrected chi connectivity index (χ4v) is 0.270. The number of hydrogen-bond donors (Lipinski definition) is 2. The van der Waals surface area contributed by atoms with Gasteiger partial charge in [0.05, 0.1) is 0 Å². The quantitative estimate of drug-likeness (QED) is 0.467. The van der Waals surface area contributed by atoms with E-state index in [-0.39, 0.29) is 57.4 Å². The monoisotopic (exact) mass is 243 g/mol. The van der Waals surface area contributed by atoms with Crippen LogP contribution in [0.2, 0.25) is 0 Å². The molecule has 61 valence electrons. The molecule has 1 radical (unpaired) electrons. The van der Waals surface area contributed by atoms with Crippen LogP contribution in [0.3, 0.4) is 0 Å². The van der Waals surface area contributed by atoms with Gasteiger partial charge in [0.25, 0.3) is 0 Å². The van der Waals surface area contributed by atoms with Crippen molar-refractivity contribution in [2.24, 2.45) is 0 Å². The average Bonchev–Trinajstić information content (AvgIpc) is 1.21. The van der Waals surface area contributed by atoms with Gasteiger partial charge in [-0.1, -0.05) is 0 Å². The van der Waals surface area contributed by atoms with Gasteiger partial charge in [-0.25, -0.2) is 4.79 Å². The summed E-state index contributed by atoms with van der Waals surface area (Å²) >= 11 is 0. The summed E-state index contributed by atoms with van der Waals surface area (Å²) in [5.41, 5.74) is 0. The molecule has 0 aromatic rings. The Morgan fingerprint density at radius 1 is 1.50 bits per heavy atom. The molecule has 6 nitrogen and oxygen atoms in total. The molecule has 9 heteroatoms. The van der Waals surface area contributed by atoms with Gasteiger partial charge in [-0.05, 0) is 0 Å². The largest absolute Gasteiger partial charge is 2.00 e. The van der Waals surface area contributed by atoms with Crippen LogP contribution in [-0.4, -0.2) is 62.0 Å². The maximum Gasteiger partial charge on any atom is 2.00 e. The van der Waals surface area contributed by atoms with Crippen molar-refractivity contribution in [2.75, 3.05) is 0 Å². The van der Waals surface area contributed by atoms with E-state index in [0.717, 1.165) is 0 Å². The van der Waals surface area contributed by atoms with Crippen LogP contribution in [0.1, 0.15) is 2.85 Å². The first-order valence-corrected chi connectivity index (χ1v) is 2.68. The summed E-state index contributed by atoms with van der Waals surface area (Å²) in [7, 11) is -4.82. The minimum atomic E-state index is -4.82. The summed E-state index contributed by atoms with van der Waals surface area (Å²) in [6.07, 6.45) is -2.06. The fraction of sp³-hybridized carbons (Fsp3) is 0. The summed E-state index contributed by atoms with van der Waals surface area (Å²) in [4.78, 5) is 9.25. The Labute approximate surface area is 100 Å². The Bertz CT molecular complexity index is 192. The van der Waals surface area contributed by atoms with Gasteiger partial charge in [0.2, 0.25) is 0 Å². The topological polar surface area (TPSA) is 101 Å². The number of rotatable bonds is 1. The minimum absolute atomic E-state index is 0. The molecular weight excluding hydrogens is 239 g/mol. The van der Waals surface area contributed by atoms with Crippen molar-refractivity contribution in [3.8, 4) is 0 Å². The predicted molar refractivity (Wildman–Crippen MR) is 28.6 cm³/mol. The third-order valence-corrected chi connectivity index (χ3v) is 0.530. The molecule has 0 aliphatic heterocycles.